The predicted octanol–water partition coefficient (Wildman–Crippen LogP) is 2.88. The first-order valence-electron chi connectivity index (χ1n) is 8.65. The SMILES string of the molecule is CCNC(=NCCc1ccc(Cl)nc1)NCCNC(=O)c1ccccc1.I. The Morgan fingerprint density at radius 1 is 1.07 bits per heavy atom. The van der Waals surface area contributed by atoms with Crippen LogP contribution in [0.3, 0.4) is 0 Å². The Balaban J connectivity index is 0.00000364. The van der Waals surface area contributed by atoms with Crippen LogP contribution >= 0.6 is 35.6 Å². The highest BCUT2D eigenvalue weighted by Gasteiger charge is 2.03. The molecular formula is C19H25ClIN5O. The number of benzene rings is 1. The highest BCUT2D eigenvalue weighted by Crippen LogP contribution is 2.05. The molecule has 0 atom stereocenters. The second-order valence-corrected chi connectivity index (χ2v) is 5.94. The van der Waals surface area contributed by atoms with Gasteiger partial charge in [-0.3, -0.25) is 9.79 Å². The van der Waals surface area contributed by atoms with Crippen molar-refractivity contribution >= 4 is 47.4 Å². The highest BCUT2D eigenvalue weighted by molar-refractivity contribution is 14.0. The maximum absolute atomic E-state index is 12.0. The van der Waals surface area contributed by atoms with Crippen molar-refractivity contribution in [1.29, 1.82) is 0 Å². The molecule has 27 heavy (non-hydrogen) atoms. The van der Waals surface area contributed by atoms with E-state index in [-0.39, 0.29) is 29.9 Å². The van der Waals surface area contributed by atoms with Crippen LogP contribution in [0.2, 0.25) is 5.15 Å². The highest BCUT2D eigenvalue weighted by atomic mass is 127. The standard InChI is InChI=1S/C19H24ClN5O.HI/c1-2-21-19(23-11-10-15-8-9-17(20)25-14-15)24-13-12-22-18(26)16-6-4-3-5-7-16;/h3-9,14H,2,10-13H2,1H3,(H,22,26)(H2,21,23,24);1H. The summed E-state index contributed by atoms with van der Waals surface area (Å²) in [4.78, 5) is 20.6. The fourth-order valence-corrected chi connectivity index (χ4v) is 2.35. The minimum absolute atomic E-state index is 0. The van der Waals surface area contributed by atoms with Crippen LogP contribution in [0.15, 0.2) is 53.7 Å². The summed E-state index contributed by atoms with van der Waals surface area (Å²) in [6.07, 6.45) is 2.54. The third-order valence-corrected chi connectivity index (χ3v) is 3.77. The molecule has 0 aliphatic carbocycles. The lowest BCUT2D eigenvalue weighted by Crippen LogP contribution is -2.41. The van der Waals surface area contributed by atoms with Crippen LogP contribution in [0.4, 0.5) is 0 Å². The number of hydrogen-bond donors (Lipinski definition) is 3. The molecule has 0 fully saturated rings. The number of nitrogens with one attached hydrogen (secondary N) is 3. The molecule has 6 nitrogen and oxygen atoms in total. The number of nitrogens with zero attached hydrogens (tertiary/aromatic N) is 2. The van der Waals surface area contributed by atoms with Gasteiger partial charge in [-0.25, -0.2) is 4.98 Å². The molecule has 1 aromatic carbocycles. The zero-order valence-corrected chi connectivity index (χ0v) is 18.3. The number of hydrogen-bond acceptors (Lipinski definition) is 3. The Bertz CT molecular complexity index is 710. The van der Waals surface area contributed by atoms with Crippen molar-refractivity contribution in [3.63, 3.8) is 0 Å². The summed E-state index contributed by atoms with van der Waals surface area (Å²) in [5.41, 5.74) is 1.74. The monoisotopic (exact) mass is 501 g/mol. The van der Waals surface area contributed by atoms with Crippen LogP contribution in [0.25, 0.3) is 0 Å². The van der Waals surface area contributed by atoms with Gasteiger partial charge in [-0.2, -0.15) is 0 Å². The van der Waals surface area contributed by atoms with E-state index in [4.69, 9.17) is 11.6 Å². The van der Waals surface area contributed by atoms with Gasteiger partial charge in [0.05, 0.1) is 0 Å². The van der Waals surface area contributed by atoms with Crippen molar-refractivity contribution in [1.82, 2.24) is 20.9 Å². The summed E-state index contributed by atoms with van der Waals surface area (Å²) in [7, 11) is 0. The molecule has 1 aromatic heterocycles. The number of carbonyl (C=O) groups excluding carboxylic acids is 1. The first kappa shape index (κ1) is 23.2. The van der Waals surface area contributed by atoms with Crippen molar-refractivity contribution in [2.24, 2.45) is 4.99 Å². The van der Waals surface area contributed by atoms with Crippen molar-refractivity contribution in [3.05, 3.63) is 64.9 Å². The third-order valence-electron chi connectivity index (χ3n) is 3.54. The third kappa shape index (κ3) is 9.05. The lowest BCUT2D eigenvalue weighted by Gasteiger charge is -2.12. The Kier molecular flexibility index (Phi) is 11.4. The molecule has 2 aromatic rings. The molecule has 0 aliphatic rings. The van der Waals surface area contributed by atoms with Crippen molar-refractivity contribution in [2.45, 2.75) is 13.3 Å². The van der Waals surface area contributed by atoms with Gasteiger partial charge >= 0.3 is 0 Å². The molecule has 3 N–H and O–H groups in total. The summed E-state index contributed by atoms with van der Waals surface area (Å²) in [6, 6.07) is 12.9. The summed E-state index contributed by atoms with van der Waals surface area (Å²) >= 11 is 5.78. The van der Waals surface area contributed by atoms with Crippen molar-refractivity contribution < 1.29 is 4.79 Å². The number of aliphatic imine (C=N–C) groups is 1. The van der Waals surface area contributed by atoms with Gasteiger partial charge in [0, 0.05) is 37.9 Å². The minimum atomic E-state index is -0.0791. The number of pyridine rings is 1. The van der Waals surface area contributed by atoms with Crippen LogP contribution < -0.4 is 16.0 Å². The Labute approximate surface area is 182 Å². The first-order valence-corrected chi connectivity index (χ1v) is 9.02. The van der Waals surface area contributed by atoms with E-state index in [2.05, 4.69) is 25.9 Å². The normalized spacial score (nSPS) is 10.7. The van der Waals surface area contributed by atoms with Crippen LogP contribution in [0.1, 0.15) is 22.8 Å². The molecule has 8 heteroatoms. The first-order chi connectivity index (χ1) is 12.7. The van der Waals surface area contributed by atoms with Gasteiger partial charge in [0.25, 0.3) is 5.91 Å². The minimum Gasteiger partial charge on any atom is -0.357 e. The summed E-state index contributed by atoms with van der Waals surface area (Å²) in [5, 5.41) is 9.77. The Morgan fingerprint density at radius 2 is 1.81 bits per heavy atom. The zero-order valence-electron chi connectivity index (χ0n) is 15.2. The Hall–Kier alpha value is -1.87. The van der Waals surface area contributed by atoms with E-state index in [1.165, 1.54) is 0 Å². The fraction of sp³-hybridized carbons (Fsp3) is 0.316. The number of aromatic nitrogens is 1. The molecule has 0 spiro atoms. The summed E-state index contributed by atoms with van der Waals surface area (Å²) < 4.78 is 0. The van der Waals surface area contributed by atoms with Crippen molar-refractivity contribution in [2.75, 3.05) is 26.2 Å². The quantitative estimate of drug-likeness (QED) is 0.171. The van der Waals surface area contributed by atoms with E-state index >= 15 is 0 Å². The molecule has 146 valence electrons. The van der Waals surface area contributed by atoms with E-state index in [1.54, 1.807) is 24.4 Å². The molecule has 0 aliphatic heterocycles. The predicted molar refractivity (Wildman–Crippen MR) is 121 cm³/mol. The van der Waals surface area contributed by atoms with E-state index in [0.717, 1.165) is 24.5 Å². The van der Waals surface area contributed by atoms with E-state index in [9.17, 15) is 4.79 Å². The average molecular weight is 502 g/mol. The number of carbonyl (C=O) groups is 1. The van der Waals surface area contributed by atoms with Crippen LogP contribution in [0.5, 0.6) is 0 Å². The molecule has 0 bridgehead atoms. The molecule has 0 unspecified atom stereocenters. The number of amides is 1. The molecule has 0 radical (unpaired) electrons. The average Bonchev–Trinajstić information content (AvgIpc) is 2.67. The fourth-order valence-electron chi connectivity index (χ4n) is 2.24. The molecule has 2 rings (SSSR count). The summed E-state index contributed by atoms with van der Waals surface area (Å²) in [5.74, 6) is 0.646. The van der Waals surface area contributed by atoms with Crippen LogP contribution in [-0.2, 0) is 6.42 Å². The van der Waals surface area contributed by atoms with E-state index in [1.807, 2.05) is 31.2 Å². The van der Waals surface area contributed by atoms with Gasteiger partial charge in [0.15, 0.2) is 5.96 Å². The maximum Gasteiger partial charge on any atom is 0.251 e. The van der Waals surface area contributed by atoms with E-state index < -0.39 is 0 Å². The molecular weight excluding hydrogens is 477 g/mol. The Morgan fingerprint density at radius 3 is 2.48 bits per heavy atom. The van der Waals surface area contributed by atoms with Crippen LogP contribution in [0, 0.1) is 0 Å². The summed E-state index contributed by atoms with van der Waals surface area (Å²) in [6.45, 7) is 4.52. The lowest BCUT2D eigenvalue weighted by molar-refractivity contribution is 0.0954. The maximum atomic E-state index is 12.0. The second-order valence-electron chi connectivity index (χ2n) is 5.55. The van der Waals surface area contributed by atoms with Gasteiger partial charge in [-0.15, -0.1) is 24.0 Å². The van der Waals surface area contributed by atoms with Gasteiger partial charge < -0.3 is 16.0 Å². The van der Waals surface area contributed by atoms with E-state index in [0.29, 0.717) is 30.4 Å². The van der Waals surface area contributed by atoms with Gasteiger partial charge in [-0.05, 0) is 37.1 Å². The number of rotatable bonds is 8. The van der Waals surface area contributed by atoms with Gasteiger partial charge in [0.1, 0.15) is 5.15 Å². The molecule has 0 saturated carbocycles. The molecule has 0 saturated heterocycles. The lowest BCUT2D eigenvalue weighted by atomic mass is 10.2. The molecule has 1 heterocycles. The number of guanidine groups is 1. The zero-order chi connectivity index (χ0) is 18.6. The topological polar surface area (TPSA) is 78.4 Å². The molecule has 1 amide bonds. The smallest absolute Gasteiger partial charge is 0.251 e. The number of halogens is 2. The van der Waals surface area contributed by atoms with Gasteiger partial charge in [-0.1, -0.05) is 35.9 Å². The van der Waals surface area contributed by atoms with Crippen molar-refractivity contribution in [3.8, 4) is 0 Å². The van der Waals surface area contributed by atoms with Crippen LogP contribution in [-0.4, -0.2) is 43.0 Å². The second kappa shape index (κ2) is 13.3. The van der Waals surface area contributed by atoms with Gasteiger partial charge in [0.2, 0.25) is 0 Å². The largest absolute Gasteiger partial charge is 0.357 e.